The van der Waals surface area contributed by atoms with Crippen LogP contribution in [0, 0.1) is 0 Å². The highest BCUT2D eigenvalue weighted by Crippen LogP contribution is 2.56. The molecule has 2 heterocycles. The largest absolute Gasteiger partial charge is 0.0557 e. The number of rotatable bonds is 0. The van der Waals surface area contributed by atoms with E-state index in [2.05, 4.69) is 20.8 Å². The fourth-order valence-electron chi connectivity index (χ4n) is 1.10. The summed E-state index contributed by atoms with van der Waals surface area (Å²) >= 11 is 0. The Kier molecular flexibility index (Phi) is 4.28. The maximum absolute atomic E-state index is 2.35. The van der Waals surface area contributed by atoms with E-state index in [1.54, 1.807) is 69.4 Å². The SMILES string of the molecule is CC(C)(C)c1pppc2ppppc12. The van der Waals surface area contributed by atoms with E-state index in [4.69, 9.17) is 0 Å². The first-order valence-electron chi connectivity index (χ1n) is 4.14. The smallest absolute Gasteiger partial charge is 0.0516 e. The van der Waals surface area contributed by atoms with Crippen LogP contribution in [0.3, 0.4) is 0 Å². The molecule has 0 fully saturated rings. The molecular formula is C7H9P7. The summed E-state index contributed by atoms with van der Waals surface area (Å²) in [5.41, 5.74) is 0.372. The van der Waals surface area contributed by atoms with Gasteiger partial charge in [0, 0.05) is 10.4 Å². The fourth-order valence-corrected chi connectivity index (χ4v) is 19.5. The molecule has 0 radical (unpaired) electrons. The maximum atomic E-state index is 2.35. The van der Waals surface area contributed by atoms with Crippen molar-refractivity contribution in [2.75, 3.05) is 0 Å². The van der Waals surface area contributed by atoms with Crippen LogP contribution in [0.1, 0.15) is 26.1 Å². The Bertz CT molecular complexity index is 456. The van der Waals surface area contributed by atoms with Gasteiger partial charge in [-0.15, -0.1) is 0 Å². The Morgan fingerprint density at radius 1 is 0.786 bits per heavy atom. The van der Waals surface area contributed by atoms with Crippen molar-refractivity contribution in [3.63, 3.8) is 0 Å². The van der Waals surface area contributed by atoms with Crippen LogP contribution in [0.4, 0.5) is 0 Å². The zero-order valence-electron chi connectivity index (χ0n) is 8.13. The molecule has 72 valence electrons. The normalized spacial score (nSPS) is 15.9. The van der Waals surface area contributed by atoms with Crippen molar-refractivity contribution in [2.24, 2.45) is 0 Å². The highest BCUT2D eigenvalue weighted by atomic mass is 32.3. The molecule has 0 amide bonds. The van der Waals surface area contributed by atoms with Gasteiger partial charge in [-0.1, -0.05) is 20.8 Å². The second kappa shape index (κ2) is 4.92. The minimum Gasteiger partial charge on any atom is -0.0557 e. The third-order valence-electron chi connectivity index (χ3n) is 1.75. The summed E-state index contributed by atoms with van der Waals surface area (Å²) in [4.78, 5) is 1.71. The van der Waals surface area contributed by atoms with Crippen LogP contribution in [-0.2, 0) is 5.41 Å². The topological polar surface area (TPSA) is 0 Å². The molecule has 0 unspecified atom stereocenters. The van der Waals surface area contributed by atoms with Gasteiger partial charge in [-0.3, -0.25) is 0 Å². The lowest BCUT2D eigenvalue weighted by atomic mass is 9.95. The molecule has 7 heteroatoms. The quantitative estimate of drug-likeness (QED) is 0.460. The Labute approximate surface area is 95.5 Å². The average molecular weight is 310 g/mol. The van der Waals surface area contributed by atoms with E-state index in [1.807, 2.05) is 0 Å². The maximum Gasteiger partial charge on any atom is 0.0516 e. The van der Waals surface area contributed by atoms with E-state index < -0.39 is 0 Å². The van der Waals surface area contributed by atoms with Crippen molar-refractivity contribution in [2.45, 2.75) is 26.2 Å². The number of hydrogen-bond donors (Lipinski definition) is 0. The molecular weight excluding hydrogens is 301 g/mol. The minimum absolute atomic E-state index is 0.372. The zero-order chi connectivity index (χ0) is 10.2. The first kappa shape index (κ1) is 12.2. The van der Waals surface area contributed by atoms with Crippen molar-refractivity contribution in [1.82, 2.24) is 0 Å². The Morgan fingerprint density at radius 2 is 1.43 bits per heavy atom. The molecule has 0 saturated heterocycles. The molecule has 0 nitrogen and oxygen atoms in total. The van der Waals surface area contributed by atoms with Crippen LogP contribution in [-0.4, -0.2) is 0 Å². The van der Waals surface area contributed by atoms with Crippen LogP contribution in [0.25, 0.3) is 9.97 Å². The monoisotopic (exact) mass is 310 g/mol. The average Bonchev–Trinajstić information content (AvgIpc) is 2.15. The van der Waals surface area contributed by atoms with Crippen molar-refractivity contribution < 1.29 is 0 Å². The summed E-state index contributed by atoms with van der Waals surface area (Å²) in [6, 6.07) is 0. The van der Waals surface area contributed by atoms with Gasteiger partial charge < -0.3 is 0 Å². The molecule has 0 aliphatic heterocycles. The van der Waals surface area contributed by atoms with E-state index in [0.717, 1.165) is 0 Å². The van der Waals surface area contributed by atoms with Gasteiger partial charge in [0.2, 0.25) is 0 Å². The molecule has 0 aliphatic carbocycles. The summed E-state index contributed by atoms with van der Waals surface area (Å²) in [5, 5.41) is 3.39. The number of fused-ring (bicyclic) bond motifs is 1. The number of hydrogen-bond acceptors (Lipinski definition) is 0. The Hall–Kier alpha value is 1.71. The molecule has 0 aliphatic rings. The van der Waals surface area contributed by atoms with Crippen LogP contribution in [0.15, 0.2) is 0 Å². The summed E-state index contributed by atoms with van der Waals surface area (Å²) in [5.74, 6) is 0. The molecule has 0 spiro atoms. The summed E-state index contributed by atoms with van der Waals surface area (Å²) in [6.07, 6.45) is 0. The highest BCUT2D eigenvalue weighted by molar-refractivity contribution is 8.33. The van der Waals surface area contributed by atoms with Crippen LogP contribution < -0.4 is 0 Å². The Balaban J connectivity index is 2.78. The second-order valence-corrected chi connectivity index (χ2v) is 16.3. The standard InChI is InChI=1S/C7H9P7/c1-7(2,3)5-4-6(10-12-9-5)11-14-13-8-4/h1-3H3. The second-order valence-electron chi connectivity index (χ2n) is 3.94. The Morgan fingerprint density at radius 3 is 2.14 bits per heavy atom. The third-order valence-corrected chi connectivity index (χ3v) is 16.6. The van der Waals surface area contributed by atoms with E-state index >= 15 is 0 Å². The molecule has 2 aromatic heterocycles. The van der Waals surface area contributed by atoms with Crippen molar-refractivity contribution >= 4 is 64.1 Å². The van der Waals surface area contributed by atoms with Crippen LogP contribution in [0.5, 0.6) is 0 Å². The van der Waals surface area contributed by atoms with Crippen molar-refractivity contribution in [3.05, 3.63) is 5.30 Å². The van der Waals surface area contributed by atoms with E-state index in [-0.39, 0.29) is 0 Å². The van der Waals surface area contributed by atoms with Gasteiger partial charge in [0.15, 0.2) is 0 Å². The lowest BCUT2D eigenvalue weighted by Crippen LogP contribution is -2.08. The van der Waals surface area contributed by atoms with Gasteiger partial charge in [0.05, 0.1) is 4.85 Å². The molecule has 2 rings (SSSR count). The first-order chi connectivity index (χ1) is 6.59. The molecule has 0 atom stereocenters. The van der Waals surface area contributed by atoms with Gasteiger partial charge >= 0.3 is 0 Å². The van der Waals surface area contributed by atoms with E-state index in [1.165, 1.54) is 0 Å². The lowest BCUT2D eigenvalue weighted by molar-refractivity contribution is 0.610. The minimum atomic E-state index is 0.372. The molecule has 14 heavy (non-hydrogen) atoms. The van der Waals surface area contributed by atoms with Gasteiger partial charge in [-0.25, -0.2) is 0 Å². The zero-order valence-corrected chi connectivity index (χ0v) is 14.4. The predicted octanol–water partition coefficient (Wildman–Crippen LogP) is 8.20. The van der Waals surface area contributed by atoms with Crippen LogP contribution in [0.2, 0.25) is 0 Å². The summed E-state index contributed by atoms with van der Waals surface area (Å²) in [6.45, 7) is 7.06. The van der Waals surface area contributed by atoms with E-state index in [0.29, 0.717) is 5.41 Å². The highest BCUT2D eigenvalue weighted by Gasteiger charge is 2.17. The summed E-state index contributed by atoms with van der Waals surface area (Å²) < 4.78 is 0. The first-order valence-corrected chi connectivity index (χ1v) is 13.9. The lowest BCUT2D eigenvalue weighted by Gasteiger charge is -2.19. The van der Waals surface area contributed by atoms with Crippen molar-refractivity contribution in [1.29, 1.82) is 0 Å². The summed E-state index contributed by atoms with van der Waals surface area (Å²) in [7, 11) is 11.0. The molecule has 2 aromatic rings. The van der Waals surface area contributed by atoms with Crippen molar-refractivity contribution in [3.8, 4) is 0 Å². The van der Waals surface area contributed by atoms with Gasteiger partial charge in [0.25, 0.3) is 0 Å². The van der Waals surface area contributed by atoms with Gasteiger partial charge in [-0.2, -0.15) is 0 Å². The molecule has 0 aromatic carbocycles. The van der Waals surface area contributed by atoms with Gasteiger partial charge in [0.1, 0.15) is 0 Å². The predicted molar refractivity (Wildman–Crippen MR) is 80.2 cm³/mol. The van der Waals surface area contributed by atoms with Crippen LogP contribution >= 0.6 is 54.1 Å². The van der Waals surface area contributed by atoms with E-state index in [9.17, 15) is 0 Å². The fraction of sp³-hybridized carbons (Fsp3) is 0.571. The molecule has 0 N–H and O–H groups in total. The van der Waals surface area contributed by atoms with Gasteiger partial charge in [-0.05, 0) is 59.5 Å². The third kappa shape index (κ3) is 2.69. The molecule has 0 saturated carbocycles. The molecule has 0 bridgehead atoms.